The second kappa shape index (κ2) is 10.4. The predicted octanol–water partition coefficient (Wildman–Crippen LogP) is 1.88. The van der Waals surface area contributed by atoms with Gasteiger partial charge in [0.05, 0.1) is 12.7 Å². The zero-order chi connectivity index (χ0) is 13.1. The lowest BCUT2D eigenvalue weighted by atomic mass is 10.0. The standard InChI is InChI=1S/C13H24O4/c1-3-11(14)5-4-6-12(15)7-8-13(16)9-10-17-2/h11,14H,3-10H2,1-2H3. The van der Waals surface area contributed by atoms with Gasteiger partial charge in [0, 0.05) is 32.8 Å². The van der Waals surface area contributed by atoms with Crippen LogP contribution < -0.4 is 0 Å². The molecular weight excluding hydrogens is 220 g/mol. The number of methoxy groups -OCH3 is 1. The average Bonchev–Trinajstić information content (AvgIpc) is 2.33. The Bertz CT molecular complexity index is 225. The van der Waals surface area contributed by atoms with Crippen LogP contribution in [0.15, 0.2) is 0 Å². The van der Waals surface area contributed by atoms with Crippen molar-refractivity contribution in [2.45, 2.75) is 58.0 Å². The van der Waals surface area contributed by atoms with Crippen LogP contribution in [0, 0.1) is 0 Å². The third kappa shape index (κ3) is 10.1. The highest BCUT2D eigenvalue weighted by Gasteiger charge is 2.08. The van der Waals surface area contributed by atoms with Gasteiger partial charge >= 0.3 is 0 Å². The van der Waals surface area contributed by atoms with Gasteiger partial charge in [-0.2, -0.15) is 0 Å². The number of Topliss-reactive ketones (excluding diaryl/α,β-unsaturated/α-hetero) is 2. The second-order valence-corrected chi connectivity index (χ2v) is 4.27. The highest BCUT2D eigenvalue weighted by molar-refractivity contribution is 5.85. The minimum atomic E-state index is -0.300. The van der Waals surface area contributed by atoms with Gasteiger partial charge in [0.2, 0.25) is 0 Å². The summed E-state index contributed by atoms with van der Waals surface area (Å²) in [6.45, 7) is 2.34. The summed E-state index contributed by atoms with van der Waals surface area (Å²) < 4.78 is 4.79. The number of hydrogen-bond acceptors (Lipinski definition) is 4. The van der Waals surface area contributed by atoms with Crippen molar-refractivity contribution >= 4 is 11.6 Å². The molecule has 0 aromatic carbocycles. The van der Waals surface area contributed by atoms with E-state index in [9.17, 15) is 14.7 Å². The molecule has 17 heavy (non-hydrogen) atoms. The maximum absolute atomic E-state index is 11.4. The Hall–Kier alpha value is -0.740. The van der Waals surface area contributed by atoms with Gasteiger partial charge in [-0.05, 0) is 19.3 Å². The molecule has 0 aliphatic rings. The van der Waals surface area contributed by atoms with Gasteiger partial charge in [0.15, 0.2) is 0 Å². The molecule has 4 heteroatoms. The third-order valence-electron chi connectivity index (χ3n) is 2.73. The van der Waals surface area contributed by atoms with E-state index in [2.05, 4.69) is 0 Å². The van der Waals surface area contributed by atoms with Gasteiger partial charge in [-0.15, -0.1) is 0 Å². The summed E-state index contributed by atoms with van der Waals surface area (Å²) in [4.78, 5) is 22.7. The lowest BCUT2D eigenvalue weighted by Crippen LogP contribution is -2.08. The average molecular weight is 244 g/mol. The molecule has 100 valence electrons. The molecule has 0 amide bonds. The van der Waals surface area contributed by atoms with E-state index in [1.54, 1.807) is 7.11 Å². The van der Waals surface area contributed by atoms with E-state index >= 15 is 0 Å². The van der Waals surface area contributed by atoms with E-state index in [1.165, 1.54) is 0 Å². The molecular formula is C13H24O4. The Morgan fingerprint density at radius 1 is 1.12 bits per heavy atom. The molecule has 0 saturated carbocycles. The van der Waals surface area contributed by atoms with Crippen LogP contribution in [0.4, 0.5) is 0 Å². The van der Waals surface area contributed by atoms with Gasteiger partial charge in [-0.25, -0.2) is 0 Å². The Morgan fingerprint density at radius 3 is 2.24 bits per heavy atom. The van der Waals surface area contributed by atoms with Crippen molar-refractivity contribution in [1.29, 1.82) is 0 Å². The normalized spacial score (nSPS) is 12.4. The van der Waals surface area contributed by atoms with Crippen LogP contribution in [-0.2, 0) is 14.3 Å². The van der Waals surface area contributed by atoms with Gasteiger partial charge in [-0.1, -0.05) is 6.92 Å². The molecule has 1 unspecified atom stereocenters. The molecule has 0 heterocycles. The van der Waals surface area contributed by atoms with Gasteiger partial charge in [0.25, 0.3) is 0 Å². The summed E-state index contributed by atoms with van der Waals surface area (Å²) in [5.41, 5.74) is 0. The molecule has 0 saturated heterocycles. The maximum Gasteiger partial charge on any atom is 0.135 e. The summed E-state index contributed by atoms with van der Waals surface area (Å²) in [5, 5.41) is 9.31. The van der Waals surface area contributed by atoms with Crippen LogP contribution in [0.3, 0.4) is 0 Å². The molecule has 0 radical (unpaired) electrons. The van der Waals surface area contributed by atoms with E-state index in [0.29, 0.717) is 45.1 Å². The van der Waals surface area contributed by atoms with Crippen LogP contribution in [0.1, 0.15) is 51.9 Å². The monoisotopic (exact) mass is 244 g/mol. The quantitative estimate of drug-likeness (QED) is 0.602. The van der Waals surface area contributed by atoms with E-state index in [1.807, 2.05) is 6.92 Å². The first-order valence-electron chi connectivity index (χ1n) is 6.30. The van der Waals surface area contributed by atoms with E-state index in [-0.39, 0.29) is 17.7 Å². The molecule has 0 aliphatic heterocycles. The van der Waals surface area contributed by atoms with Crippen molar-refractivity contribution < 1.29 is 19.4 Å². The number of rotatable bonds is 11. The highest BCUT2D eigenvalue weighted by atomic mass is 16.5. The SMILES string of the molecule is CCC(O)CCCC(=O)CCC(=O)CCOC. The zero-order valence-corrected chi connectivity index (χ0v) is 10.9. The molecule has 0 aromatic heterocycles. The fourth-order valence-corrected chi connectivity index (χ4v) is 1.48. The number of carbonyl (C=O) groups excluding carboxylic acids is 2. The van der Waals surface area contributed by atoms with Crippen molar-refractivity contribution in [1.82, 2.24) is 0 Å². The topological polar surface area (TPSA) is 63.6 Å². The molecule has 0 rings (SSSR count). The van der Waals surface area contributed by atoms with Crippen LogP contribution in [0.5, 0.6) is 0 Å². The fraction of sp³-hybridized carbons (Fsp3) is 0.846. The number of aliphatic hydroxyl groups excluding tert-OH is 1. The smallest absolute Gasteiger partial charge is 0.135 e. The lowest BCUT2D eigenvalue weighted by molar-refractivity contribution is -0.124. The van der Waals surface area contributed by atoms with Crippen molar-refractivity contribution in [2.75, 3.05) is 13.7 Å². The molecule has 4 nitrogen and oxygen atoms in total. The number of ketones is 2. The minimum Gasteiger partial charge on any atom is -0.393 e. The Balaban J connectivity index is 3.49. The van der Waals surface area contributed by atoms with Crippen molar-refractivity contribution in [2.24, 2.45) is 0 Å². The first-order valence-corrected chi connectivity index (χ1v) is 6.30. The molecule has 0 aliphatic carbocycles. The summed E-state index contributed by atoms with van der Waals surface area (Å²) >= 11 is 0. The van der Waals surface area contributed by atoms with Crippen molar-refractivity contribution in [3.05, 3.63) is 0 Å². The molecule has 0 fully saturated rings. The van der Waals surface area contributed by atoms with E-state index in [0.717, 1.165) is 6.42 Å². The highest BCUT2D eigenvalue weighted by Crippen LogP contribution is 2.07. The molecule has 0 aromatic rings. The Morgan fingerprint density at radius 2 is 1.71 bits per heavy atom. The van der Waals surface area contributed by atoms with Crippen molar-refractivity contribution in [3.63, 3.8) is 0 Å². The predicted molar refractivity (Wildman–Crippen MR) is 65.9 cm³/mol. The van der Waals surface area contributed by atoms with E-state index in [4.69, 9.17) is 4.74 Å². The summed E-state index contributed by atoms with van der Waals surface area (Å²) in [6, 6.07) is 0. The summed E-state index contributed by atoms with van der Waals surface area (Å²) in [6.07, 6.45) is 3.30. The number of carbonyl (C=O) groups is 2. The Labute approximate surface area is 103 Å². The summed E-state index contributed by atoms with van der Waals surface area (Å²) in [5.74, 6) is 0.188. The first kappa shape index (κ1) is 16.3. The van der Waals surface area contributed by atoms with Crippen LogP contribution in [0.2, 0.25) is 0 Å². The van der Waals surface area contributed by atoms with E-state index < -0.39 is 0 Å². The molecule has 1 N–H and O–H groups in total. The van der Waals surface area contributed by atoms with Crippen LogP contribution >= 0.6 is 0 Å². The largest absolute Gasteiger partial charge is 0.393 e. The molecule has 0 bridgehead atoms. The lowest BCUT2D eigenvalue weighted by Gasteiger charge is -2.06. The second-order valence-electron chi connectivity index (χ2n) is 4.27. The van der Waals surface area contributed by atoms with Crippen LogP contribution in [0.25, 0.3) is 0 Å². The molecule has 1 atom stereocenters. The maximum atomic E-state index is 11.4. The summed E-state index contributed by atoms with van der Waals surface area (Å²) in [7, 11) is 1.55. The Kier molecular flexibility index (Phi) is 9.96. The first-order chi connectivity index (χ1) is 8.10. The van der Waals surface area contributed by atoms with Gasteiger partial charge in [0.1, 0.15) is 11.6 Å². The number of hydrogen-bond donors (Lipinski definition) is 1. The number of aliphatic hydroxyl groups is 1. The fourth-order valence-electron chi connectivity index (χ4n) is 1.48. The zero-order valence-electron chi connectivity index (χ0n) is 10.9. The van der Waals surface area contributed by atoms with Gasteiger partial charge in [-0.3, -0.25) is 9.59 Å². The minimum absolute atomic E-state index is 0.0776. The number of ether oxygens (including phenoxy) is 1. The third-order valence-corrected chi connectivity index (χ3v) is 2.73. The van der Waals surface area contributed by atoms with Crippen molar-refractivity contribution in [3.8, 4) is 0 Å². The van der Waals surface area contributed by atoms with Gasteiger partial charge < -0.3 is 9.84 Å². The van der Waals surface area contributed by atoms with Crippen LogP contribution in [-0.4, -0.2) is 36.5 Å². The molecule has 0 spiro atoms.